The molecule has 0 saturated heterocycles. The topological polar surface area (TPSA) is 343 Å². The average molecular weight is 1030 g/mol. The van der Waals surface area contributed by atoms with Crippen LogP contribution in [0, 0.1) is 0 Å². The largest absolute Gasteiger partial charge is 3.00 e. The summed E-state index contributed by atoms with van der Waals surface area (Å²) in [5.74, 6) is 0. The van der Waals surface area contributed by atoms with Gasteiger partial charge in [-0.05, 0) is 0 Å². The van der Waals surface area contributed by atoms with Gasteiger partial charge < -0.3 is 27.3 Å². The van der Waals surface area contributed by atoms with E-state index >= 15 is 0 Å². The number of alkyl halides is 18. The maximum Gasteiger partial charge on any atom is 3.00 e. The Balaban J connectivity index is -0.0000000700. The van der Waals surface area contributed by atoms with Gasteiger partial charge in [-0.3, -0.25) is 0 Å². The van der Waals surface area contributed by atoms with Gasteiger partial charge in [0.1, 0.15) is 0 Å². The van der Waals surface area contributed by atoms with Crippen molar-refractivity contribution in [1.82, 2.24) is 0 Å². The van der Waals surface area contributed by atoms with E-state index in [1.807, 2.05) is 0 Å². The van der Waals surface area contributed by atoms with E-state index in [-0.39, 0.29) is 58.6 Å². The van der Waals surface area contributed by atoms with Crippen molar-refractivity contribution >= 4 is 60.7 Å². The van der Waals surface area contributed by atoms with E-state index in [0.29, 0.717) is 0 Å². The molecule has 0 N–H and O–H groups in total. The molecule has 0 unspecified atom stereocenters. The van der Waals surface area contributed by atoms with Gasteiger partial charge in [0.15, 0.2) is 60.7 Å². The van der Waals surface area contributed by atoms with E-state index < -0.39 is 93.8 Å². The summed E-state index contributed by atoms with van der Waals surface area (Å²) in [6, 6.07) is 0. The third kappa shape index (κ3) is 36.5. The first-order chi connectivity index (χ1) is 19.5. The van der Waals surface area contributed by atoms with Gasteiger partial charge >= 0.3 is 91.6 Å². The van der Waals surface area contributed by atoms with Crippen LogP contribution >= 0.6 is 0 Å². The Morgan fingerprint density at radius 3 is 0.260 bits per heavy atom. The minimum Gasteiger partial charge on any atom is -0.741 e. The molecule has 0 saturated carbocycles. The second-order valence-electron chi connectivity index (χ2n) is 5.40. The summed E-state index contributed by atoms with van der Waals surface area (Å²) in [7, 11) is -36.5. The van der Waals surface area contributed by atoms with Gasteiger partial charge in [0.2, 0.25) is 0 Å². The van der Waals surface area contributed by atoms with Crippen LogP contribution in [-0.2, 0) is 119 Å². The van der Waals surface area contributed by atoms with Gasteiger partial charge in [-0.1, -0.05) is 0 Å². The Morgan fingerprint density at radius 2 is 0.260 bits per heavy atom. The van der Waals surface area contributed by atoms with Gasteiger partial charge in [0.25, 0.3) is 0 Å². The maximum atomic E-state index is 10.7. The van der Waals surface area contributed by atoms with Crippen molar-refractivity contribution < 1.29 is 215 Å². The molecule has 0 spiro atoms. The SMILES string of the molecule is O=S(=O)([O-])C(F)(F)F.O=S(=O)([O-])C(F)(F)F.O=S(=O)([O-])C(F)(F)F.O=S(=O)([O-])C(F)(F)F.O=S(=O)([O-])C(F)(F)F.O=S(=O)([O-])C(F)(F)F.[Sc+3].[Y+3]. The molecule has 44 heteroatoms. The van der Waals surface area contributed by atoms with Crippen LogP contribution in [0.4, 0.5) is 79.0 Å². The van der Waals surface area contributed by atoms with Gasteiger partial charge in [-0.15, -0.1) is 0 Å². The second kappa shape index (κ2) is 21.9. The van der Waals surface area contributed by atoms with E-state index in [0.717, 1.165) is 0 Å². The van der Waals surface area contributed by atoms with Gasteiger partial charge in [0.05, 0.1) is 0 Å². The van der Waals surface area contributed by atoms with Crippen LogP contribution in [0.1, 0.15) is 0 Å². The van der Waals surface area contributed by atoms with E-state index in [1.165, 1.54) is 0 Å². The normalized spacial score (nSPS) is 13.4. The molecule has 0 aliphatic heterocycles. The zero-order chi connectivity index (χ0) is 42.0. The molecule has 0 fully saturated rings. The molecule has 18 nitrogen and oxygen atoms in total. The van der Waals surface area contributed by atoms with Crippen LogP contribution in [-0.4, -0.2) is 111 Å². The number of hydrogen-bond donors (Lipinski definition) is 0. The van der Waals surface area contributed by atoms with Crippen molar-refractivity contribution in [2.24, 2.45) is 0 Å². The van der Waals surface area contributed by atoms with Crippen molar-refractivity contribution in [1.29, 1.82) is 0 Å². The monoisotopic (exact) mass is 1030 g/mol. The molecule has 0 aliphatic rings. The predicted octanol–water partition coefficient (Wildman–Crippen LogP) is 0.303. The van der Waals surface area contributed by atoms with E-state index in [4.69, 9.17) is 77.8 Å². The molecule has 0 heterocycles. The molecule has 0 radical (unpaired) electrons. The summed E-state index contributed by atoms with van der Waals surface area (Å²) >= 11 is 0. The molecule has 0 aromatic heterocycles. The summed E-state index contributed by atoms with van der Waals surface area (Å²) in [6.07, 6.45) is 0. The van der Waals surface area contributed by atoms with Gasteiger partial charge in [-0.2, -0.15) is 79.0 Å². The molecular formula is C6F18O18S6ScY. The average Bonchev–Trinajstić information content (AvgIpc) is 2.60. The summed E-state index contributed by atoms with van der Waals surface area (Å²) in [6.45, 7) is 0. The van der Waals surface area contributed by atoms with Crippen LogP contribution in [0.25, 0.3) is 0 Å². The fourth-order valence-electron chi connectivity index (χ4n) is 0. The summed E-state index contributed by atoms with van der Waals surface area (Å²) in [4.78, 5) is 0. The van der Waals surface area contributed by atoms with Crippen molar-refractivity contribution in [2.45, 2.75) is 33.0 Å². The van der Waals surface area contributed by atoms with Gasteiger partial charge in [0, 0.05) is 0 Å². The molecule has 50 heavy (non-hydrogen) atoms. The molecule has 0 aromatic carbocycles. The fraction of sp³-hybridized carbons (Fsp3) is 1.00. The van der Waals surface area contributed by atoms with Gasteiger partial charge in [-0.25, -0.2) is 50.5 Å². The van der Waals surface area contributed by atoms with Crippen molar-refractivity contribution in [3.63, 3.8) is 0 Å². The molecule has 0 bridgehead atoms. The predicted molar refractivity (Wildman–Crippen MR) is 94.5 cm³/mol. The van der Waals surface area contributed by atoms with E-state index in [1.54, 1.807) is 0 Å². The Kier molecular flexibility index (Phi) is 29.9. The molecular weight excluding hydrogens is 1030 g/mol. The first-order valence-electron chi connectivity index (χ1n) is 7.63. The first-order valence-corrected chi connectivity index (χ1v) is 16.1. The summed E-state index contributed by atoms with van der Waals surface area (Å²) < 4.78 is 353. The third-order valence-corrected chi connectivity index (χ3v) is 5.10. The summed E-state index contributed by atoms with van der Waals surface area (Å²) in [5.41, 5.74) is -33.9. The van der Waals surface area contributed by atoms with E-state index in [2.05, 4.69) is 0 Å². The van der Waals surface area contributed by atoms with Crippen molar-refractivity contribution in [3.05, 3.63) is 0 Å². The molecule has 0 aromatic rings. The Labute approximate surface area is 307 Å². The van der Waals surface area contributed by atoms with Crippen molar-refractivity contribution in [3.8, 4) is 0 Å². The summed E-state index contributed by atoms with van der Waals surface area (Å²) in [5, 5.41) is 0. The van der Waals surface area contributed by atoms with Crippen LogP contribution in [0.3, 0.4) is 0 Å². The van der Waals surface area contributed by atoms with E-state index in [9.17, 15) is 79.0 Å². The van der Waals surface area contributed by atoms with Crippen LogP contribution in [0.5, 0.6) is 0 Å². The minimum absolute atomic E-state index is 0. The zero-order valence-corrected chi connectivity index (χ0v) is 30.3. The number of rotatable bonds is 0. The first kappa shape index (κ1) is 68.2. The maximum absolute atomic E-state index is 10.7. The standard InChI is InChI=1S/6CHF3O3S.Sc.Y/c6*2-1(3,4)8(5,6)7;;/h6*(H,5,6,7);;/q;;;;;;2*+3/p-6. The Morgan fingerprint density at radius 1 is 0.240 bits per heavy atom. The van der Waals surface area contributed by atoms with Crippen LogP contribution in [0.15, 0.2) is 0 Å². The smallest absolute Gasteiger partial charge is 0.741 e. The quantitative estimate of drug-likeness (QED) is 0.179. The Hall–Kier alpha value is 0.174. The second-order valence-corrected chi connectivity index (χ2v) is 13.6. The number of hydrogen-bond acceptors (Lipinski definition) is 18. The molecule has 0 amide bonds. The molecule has 0 aliphatic carbocycles. The van der Waals surface area contributed by atoms with Crippen LogP contribution < -0.4 is 0 Å². The molecule has 0 rings (SSSR count). The minimum atomic E-state index is -6.09. The fourth-order valence-corrected chi connectivity index (χ4v) is 0. The Bertz CT molecular complexity index is 1320. The van der Waals surface area contributed by atoms with Crippen LogP contribution in [0.2, 0.25) is 0 Å². The van der Waals surface area contributed by atoms with Crippen molar-refractivity contribution in [2.75, 3.05) is 0 Å². The third-order valence-electron chi connectivity index (χ3n) is 1.70. The number of halogens is 18. The molecule has 0 atom stereocenters. The molecule has 300 valence electrons. The zero-order valence-electron chi connectivity index (χ0n) is 20.8.